The van der Waals surface area contributed by atoms with Gasteiger partial charge in [-0.05, 0) is 38.1 Å². The van der Waals surface area contributed by atoms with Crippen LogP contribution < -0.4 is 0 Å². The van der Waals surface area contributed by atoms with Crippen LogP contribution in [0.25, 0.3) is 0 Å². The number of hydrogen-bond donors (Lipinski definition) is 1. The summed E-state index contributed by atoms with van der Waals surface area (Å²) in [6.45, 7) is 1.24. The molecule has 0 aromatic heterocycles. The van der Waals surface area contributed by atoms with E-state index in [0.29, 0.717) is 6.04 Å². The molecule has 14 heavy (non-hydrogen) atoms. The Labute approximate surface area is 85.1 Å². The number of rotatable bonds is 2. The van der Waals surface area contributed by atoms with E-state index in [1.807, 2.05) is 0 Å². The van der Waals surface area contributed by atoms with Crippen LogP contribution >= 0.6 is 0 Å². The van der Waals surface area contributed by atoms with Crippen molar-refractivity contribution < 1.29 is 9.90 Å². The Hall–Kier alpha value is -0.570. The molecule has 3 nitrogen and oxygen atoms in total. The topological polar surface area (TPSA) is 40.5 Å². The van der Waals surface area contributed by atoms with Gasteiger partial charge in [-0.2, -0.15) is 0 Å². The molecular formula is C11H19NO2. The van der Waals surface area contributed by atoms with Crippen LogP contribution in [0.5, 0.6) is 0 Å². The summed E-state index contributed by atoms with van der Waals surface area (Å²) in [6.07, 6.45) is 7.69. The lowest BCUT2D eigenvalue weighted by Gasteiger charge is -2.43. The number of nitrogens with zero attached hydrogens (tertiary/aromatic N) is 1. The van der Waals surface area contributed by atoms with Gasteiger partial charge >= 0.3 is 5.97 Å². The molecule has 1 saturated heterocycles. The maximum Gasteiger partial charge on any atom is 0.317 e. The van der Waals surface area contributed by atoms with Gasteiger partial charge < -0.3 is 5.11 Å². The second-order valence-electron chi connectivity index (χ2n) is 4.62. The average molecular weight is 197 g/mol. The van der Waals surface area contributed by atoms with Crippen molar-refractivity contribution >= 4 is 5.97 Å². The number of likely N-dealkylation sites (tertiary alicyclic amines) is 1. The van der Waals surface area contributed by atoms with Crippen LogP contribution in [0.3, 0.4) is 0 Å². The zero-order valence-electron chi connectivity index (χ0n) is 8.61. The van der Waals surface area contributed by atoms with Crippen LogP contribution in [-0.2, 0) is 4.79 Å². The first-order chi connectivity index (χ1) is 6.77. The zero-order valence-corrected chi connectivity index (χ0v) is 8.61. The number of carbonyl (C=O) groups is 1. The van der Waals surface area contributed by atoms with E-state index >= 15 is 0 Å². The number of hydrogen-bond acceptors (Lipinski definition) is 2. The molecule has 0 spiro atoms. The van der Waals surface area contributed by atoms with Crippen molar-refractivity contribution in [2.75, 3.05) is 13.1 Å². The normalized spacial score (nSPS) is 33.7. The molecule has 80 valence electrons. The van der Waals surface area contributed by atoms with E-state index in [0.717, 1.165) is 12.5 Å². The fourth-order valence-electron chi connectivity index (χ4n) is 3.10. The Morgan fingerprint density at radius 2 is 1.93 bits per heavy atom. The van der Waals surface area contributed by atoms with Crippen LogP contribution in [-0.4, -0.2) is 35.1 Å². The summed E-state index contributed by atoms with van der Waals surface area (Å²) in [5.74, 6) is 0.119. The SMILES string of the molecule is O=C(O)CN1CCCC2CCCCC21. The lowest BCUT2D eigenvalue weighted by atomic mass is 9.78. The summed E-state index contributed by atoms with van der Waals surface area (Å²) >= 11 is 0. The minimum absolute atomic E-state index is 0.251. The van der Waals surface area contributed by atoms with E-state index in [4.69, 9.17) is 5.11 Å². The maximum absolute atomic E-state index is 10.7. The van der Waals surface area contributed by atoms with Gasteiger partial charge in [0.05, 0.1) is 6.54 Å². The molecule has 2 fully saturated rings. The van der Waals surface area contributed by atoms with Crippen molar-refractivity contribution in [1.29, 1.82) is 0 Å². The van der Waals surface area contributed by atoms with Gasteiger partial charge in [-0.1, -0.05) is 12.8 Å². The van der Waals surface area contributed by atoms with Gasteiger partial charge in [0, 0.05) is 6.04 Å². The summed E-state index contributed by atoms with van der Waals surface area (Å²) in [7, 11) is 0. The van der Waals surface area contributed by atoms with Gasteiger partial charge in [-0.25, -0.2) is 0 Å². The van der Waals surface area contributed by atoms with Gasteiger partial charge in [0.15, 0.2) is 0 Å². The standard InChI is InChI=1S/C11H19NO2/c13-11(14)8-12-7-3-5-9-4-1-2-6-10(9)12/h9-10H,1-8H2,(H,13,14). The number of carboxylic acids is 1. The molecule has 0 bridgehead atoms. The third kappa shape index (κ3) is 2.08. The molecule has 1 aliphatic carbocycles. The minimum Gasteiger partial charge on any atom is -0.480 e. The quantitative estimate of drug-likeness (QED) is 0.733. The first-order valence-corrected chi connectivity index (χ1v) is 5.73. The summed E-state index contributed by atoms with van der Waals surface area (Å²) in [4.78, 5) is 12.9. The van der Waals surface area contributed by atoms with Crippen LogP contribution in [0.1, 0.15) is 38.5 Å². The van der Waals surface area contributed by atoms with Gasteiger partial charge in [-0.3, -0.25) is 9.69 Å². The van der Waals surface area contributed by atoms with Crippen LogP contribution in [0.15, 0.2) is 0 Å². The Morgan fingerprint density at radius 1 is 1.21 bits per heavy atom. The number of carboxylic acid groups (broad SMARTS) is 1. The average Bonchev–Trinajstić information content (AvgIpc) is 2.18. The first kappa shape index (κ1) is 9.97. The summed E-state index contributed by atoms with van der Waals surface area (Å²) < 4.78 is 0. The Morgan fingerprint density at radius 3 is 2.71 bits per heavy atom. The van der Waals surface area contributed by atoms with E-state index in [-0.39, 0.29) is 6.54 Å². The highest BCUT2D eigenvalue weighted by Crippen LogP contribution is 2.34. The lowest BCUT2D eigenvalue weighted by molar-refractivity contribution is -0.140. The predicted octanol–water partition coefficient (Wildman–Crippen LogP) is 1.73. The van der Waals surface area contributed by atoms with Crippen LogP contribution in [0.2, 0.25) is 0 Å². The van der Waals surface area contributed by atoms with Crippen molar-refractivity contribution in [3.63, 3.8) is 0 Å². The summed E-state index contributed by atoms with van der Waals surface area (Å²) in [5.41, 5.74) is 0. The first-order valence-electron chi connectivity index (χ1n) is 5.73. The number of fused-ring (bicyclic) bond motifs is 1. The molecule has 0 radical (unpaired) electrons. The molecule has 1 heterocycles. The predicted molar refractivity (Wildman–Crippen MR) is 54.2 cm³/mol. The van der Waals surface area contributed by atoms with E-state index in [9.17, 15) is 4.79 Å². The molecular weight excluding hydrogens is 178 g/mol. The summed E-state index contributed by atoms with van der Waals surface area (Å²) in [5, 5.41) is 8.81. The highest BCUT2D eigenvalue weighted by atomic mass is 16.4. The molecule has 3 heteroatoms. The van der Waals surface area contributed by atoms with Crippen molar-refractivity contribution in [2.45, 2.75) is 44.6 Å². The Kier molecular flexibility index (Phi) is 3.06. The number of aliphatic carboxylic acids is 1. The second-order valence-corrected chi connectivity index (χ2v) is 4.62. The van der Waals surface area contributed by atoms with Crippen molar-refractivity contribution in [1.82, 2.24) is 4.90 Å². The van der Waals surface area contributed by atoms with E-state index < -0.39 is 5.97 Å². The van der Waals surface area contributed by atoms with Gasteiger partial charge in [0.25, 0.3) is 0 Å². The molecule has 0 aromatic rings. The van der Waals surface area contributed by atoms with E-state index in [2.05, 4.69) is 4.90 Å². The fraction of sp³-hybridized carbons (Fsp3) is 0.909. The van der Waals surface area contributed by atoms with Gasteiger partial charge in [0.2, 0.25) is 0 Å². The Balaban J connectivity index is 1.97. The molecule has 1 saturated carbocycles. The third-order valence-corrected chi connectivity index (χ3v) is 3.70. The molecule has 2 atom stereocenters. The van der Waals surface area contributed by atoms with Gasteiger partial charge in [-0.15, -0.1) is 0 Å². The smallest absolute Gasteiger partial charge is 0.317 e. The zero-order chi connectivity index (χ0) is 9.97. The molecule has 1 aliphatic heterocycles. The monoisotopic (exact) mass is 197 g/mol. The lowest BCUT2D eigenvalue weighted by Crippen LogP contribution is -2.48. The fourth-order valence-corrected chi connectivity index (χ4v) is 3.10. The highest BCUT2D eigenvalue weighted by Gasteiger charge is 2.33. The molecule has 2 unspecified atom stereocenters. The number of piperidine rings is 1. The van der Waals surface area contributed by atoms with Crippen molar-refractivity contribution in [3.05, 3.63) is 0 Å². The second kappa shape index (κ2) is 4.30. The largest absolute Gasteiger partial charge is 0.480 e. The van der Waals surface area contributed by atoms with Crippen LogP contribution in [0.4, 0.5) is 0 Å². The highest BCUT2D eigenvalue weighted by molar-refractivity contribution is 5.69. The molecule has 2 aliphatic rings. The molecule has 1 N–H and O–H groups in total. The maximum atomic E-state index is 10.7. The third-order valence-electron chi connectivity index (χ3n) is 3.70. The van der Waals surface area contributed by atoms with Crippen LogP contribution in [0, 0.1) is 5.92 Å². The van der Waals surface area contributed by atoms with Crippen molar-refractivity contribution in [2.24, 2.45) is 5.92 Å². The minimum atomic E-state index is -0.670. The van der Waals surface area contributed by atoms with Crippen molar-refractivity contribution in [3.8, 4) is 0 Å². The Bertz CT molecular complexity index is 215. The van der Waals surface area contributed by atoms with E-state index in [1.54, 1.807) is 0 Å². The van der Waals surface area contributed by atoms with Gasteiger partial charge in [0.1, 0.15) is 0 Å². The molecule has 2 rings (SSSR count). The van der Waals surface area contributed by atoms with E-state index in [1.165, 1.54) is 38.5 Å². The molecule has 0 aromatic carbocycles. The molecule has 0 amide bonds. The summed E-state index contributed by atoms with van der Waals surface area (Å²) in [6, 6.07) is 0.577.